The molecule has 0 radical (unpaired) electrons. The first kappa shape index (κ1) is 61.3. The zero-order valence-corrected chi connectivity index (χ0v) is 42.2. The Bertz CT molecular complexity index is 1310. The van der Waals surface area contributed by atoms with E-state index < -0.39 is 6.10 Å². The molecular formula is C59H98O6. The van der Waals surface area contributed by atoms with Gasteiger partial charge in [-0.3, -0.25) is 14.4 Å². The summed E-state index contributed by atoms with van der Waals surface area (Å²) in [5.74, 6) is -1.01. The first-order chi connectivity index (χ1) is 32.0. The molecule has 0 unspecified atom stereocenters. The smallest absolute Gasteiger partial charge is 0.306 e. The van der Waals surface area contributed by atoms with Gasteiger partial charge in [0.05, 0.1) is 0 Å². The van der Waals surface area contributed by atoms with Crippen LogP contribution < -0.4 is 0 Å². The lowest BCUT2D eigenvalue weighted by Gasteiger charge is -2.18. The number of hydrogen-bond donors (Lipinski definition) is 0. The average molecular weight is 903 g/mol. The quantitative estimate of drug-likeness (QED) is 0.0262. The van der Waals surface area contributed by atoms with Gasteiger partial charge in [-0.1, -0.05) is 227 Å². The normalized spacial score (nSPS) is 12.8. The number of carbonyl (C=O) groups is 3. The van der Waals surface area contributed by atoms with E-state index in [1.54, 1.807) is 0 Å². The van der Waals surface area contributed by atoms with E-state index in [4.69, 9.17) is 14.2 Å². The highest BCUT2D eigenvalue weighted by Gasteiger charge is 2.19. The number of hydrogen-bond acceptors (Lipinski definition) is 6. The van der Waals surface area contributed by atoms with Gasteiger partial charge >= 0.3 is 17.9 Å². The molecule has 0 heterocycles. The molecule has 0 saturated heterocycles. The Kier molecular flexibility index (Phi) is 50.0. The van der Waals surface area contributed by atoms with Crippen molar-refractivity contribution in [1.82, 2.24) is 0 Å². The summed E-state index contributed by atoms with van der Waals surface area (Å²) in [6, 6.07) is 0. The summed E-state index contributed by atoms with van der Waals surface area (Å²) < 4.78 is 16.7. The maximum absolute atomic E-state index is 12.8. The van der Waals surface area contributed by atoms with Gasteiger partial charge in [-0.25, -0.2) is 0 Å². The Morgan fingerprint density at radius 2 is 0.631 bits per heavy atom. The third kappa shape index (κ3) is 51.2. The van der Waals surface area contributed by atoms with Crippen molar-refractivity contribution in [2.24, 2.45) is 0 Å². The largest absolute Gasteiger partial charge is 0.462 e. The van der Waals surface area contributed by atoms with E-state index in [9.17, 15) is 14.4 Å². The van der Waals surface area contributed by atoms with Gasteiger partial charge in [0, 0.05) is 19.3 Å². The van der Waals surface area contributed by atoms with Gasteiger partial charge in [-0.15, -0.1) is 0 Å². The van der Waals surface area contributed by atoms with E-state index in [1.165, 1.54) is 89.9 Å². The predicted molar refractivity (Wildman–Crippen MR) is 279 cm³/mol. The number of esters is 3. The molecule has 0 saturated carbocycles. The lowest BCUT2D eigenvalue weighted by atomic mass is 10.0. The number of carbonyl (C=O) groups excluding carboxylic acids is 3. The maximum Gasteiger partial charge on any atom is 0.306 e. The molecule has 0 aliphatic carbocycles. The van der Waals surface area contributed by atoms with Crippen LogP contribution >= 0.6 is 0 Å². The van der Waals surface area contributed by atoms with E-state index in [0.717, 1.165) is 103 Å². The molecule has 0 spiro atoms. The van der Waals surface area contributed by atoms with Crippen molar-refractivity contribution in [3.05, 3.63) is 97.2 Å². The van der Waals surface area contributed by atoms with E-state index >= 15 is 0 Å². The molecule has 0 aromatic heterocycles. The van der Waals surface area contributed by atoms with Crippen LogP contribution in [-0.2, 0) is 28.6 Å². The monoisotopic (exact) mass is 903 g/mol. The van der Waals surface area contributed by atoms with Crippen LogP contribution in [0.2, 0.25) is 0 Å². The highest BCUT2D eigenvalue weighted by molar-refractivity contribution is 5.71. The number of rotatable bonds is 47. The Labute approximate surface area is 400 Å². The van der Waals surface area contributed by atoms with Gasteiger partial charge in [-0.2, -0.15) is 0 Å². The number of allylic oxidation sites excluding steroid dienone is 16. The fraction of sp³-hybridized carbons (Fsp3) is 0.678. The Hall–Kier alpha value is -3.67. The van der Waals surface area contributed by atoms with Gasteiger partial charge in [0.2, 0.25) is 0 Å². The molecular weight excluding hydrogens is 805 g/mol. The second kappa shape index (κ2) is 52.9. The zero-order chi connectivity index (χ0) is 47.2. The summed E-state index contributed by atoms with van der Waals surface area (Å²) in [6.07, 6.45) is 69.7. The van der Waals surface area contributed by atoms with Crippen LogP contribution in [0.1, 0.15) is 239 Å². The summed E-state index contributed by atoms with van der Waals surface area (Å²) in [7, 11) is 0. The van der Waals surface area contributed by atoms with E-state index in [2.05, 4.69) is 112 Å². The summed E-state index contributed by atoms with van der Waals surface area (Å²) in [5, 5.41) is 0. The van der Waals surface area contributed by atoms with Crippen molar-refractivity contribution < 1.29 is 28.6 Å². The van der Waals surface area contributed by atoms with Crippen LogP contribution in [0.3, 0.4) is 0 Å². The molecule has 65 heavy (non-hydrogen) atoms. The molecule has 0 rings (SSSR count). The molecule has 1 atom stereocenters. The Morgan fingerprint density at radius 3 is 1.06 bits per heavy atom. The molecule has 0 N–H and O–H groups in total. The second-order valence-electron chi connectivity index (χ2n) is 17.4. The van der Waals surface area contributed by atoms with Crippen molar-refractivity contribution in [2.45, 2.75) is 245 Å². The van der Waals surface area contributed by atoms with Gasteiger partial charge < -0.3 is 14.2 Å². The predicted octanol–water partition coefficient (Wildman–Crippen LogP) is 17.8. The minimum absolute atomic E-state index is 0.107. The van der Waals surface area contributed by atoms with E-state index in [0.29, 0.717) is 19.3 Å². The zero-order valence-electron chi connectivity index (χ0n) is 42.2. The third-order valence-electron chi connectivity index (χ3n) is 11.1. The minimum Gasteiger partial charge on any atom is -0.462 e. The highest BCUT2D eigenvalue weighted by Crippen LogP contribution is 2.14. The van der Waals surface area contributed by atoms with Crippen LogP contribution in [0.4, 0.5) is 0 Å². The molecule has 0 aromatic rings. The summed E-state index contributed by atoms with van der Waals surface area (Å²) in [6.45, 7) is 6.42. The molecule has 6 nitrogen and oxygen atoms in total. The van der Waals surface area contributed by atoms with Crippen molar-refractivity contribution in [3.63, 3.8) is 0 Å². The third-order valence-corrected chi connectivity index (χ3v) is 11.1. The minimum atomic E-state index is -0.812. The van der Waals surface area contributed by atoms with Gasteiger partial charge in [0.25, 0.3) is 0 Å². The van der Waals surface area contributed by atoms with Crippen LogP contribution in [-0.4, -0.2) is 37.2 Å². The lowest BCUT2D eigenvalue weighted by molar-refractivity contribution is -0.166. The molecule has 6 heteroatoms. The van der Waals surface area contributed by atoms with Gasteiger partial charge in [-0.05, 0) is 89.9 Å². The number of ether oxygens (including phenoxy) is 3. The van der Waals surface area contributed by atoms with Crippen LogP contribution in [0.25, 0.3) is 0 Å². The van der Waals surface area contributed by atoms with Gasteiger partial charge in [0.1, 0.15) is 13.2 Å². The average Bonchev–Trinajstić information content (AvgIpc) is 3.30. The molecule has 0 aliphatic heterocycles. The number of unbranched alkanes of at least 4 members (excludes halogenated alkanes) is 20. The van der Waals surface area contributed by atoms with Crippen molar-refractivity contribution in [3.8, 4) is 0 Å². The SMILES string of the molecule is CCC=CCC=CCC=CCC=CCC=CCC=CCCC(=O)OC[C@@H](COC(=O)CCCCCCCC=CCC=CCCCCC)OC(=O)CCCCCCCCCCCCCCC. The Morgan fingerprint density at radius 1 is 0.323 bits per heavy atom. The van der Waals surface area contributed by atoms with Crippen LogP contribution in [0.5, 0.6) is 0 Å². The van der Waals surface area contributed by atoms with E-state index in [1.807, 2.05) is 6.08 Å². The first-order valence-electron chi connectivity index (χ1n) is 26.7. The van der Waals surface area contributed by atoms with Crippen LogP contribution in [0.15, 0.2) is 97.2 Å². The van der Waals surface area contributed by atoms with Gasteiger partial charge in [0.15, 0.2) is 6.10 Å². The fourth-order valence-electron chi connectivity index (χ4n) is 7.09. The summed E-state index contributed by atoms with van der Waals surface area (Å²) in [5.41, 5.74) is 0. The molecule has 0 aromatic carbocycles. The summed E-state index contributed by atoms with van der Waals surface area (Å²) in [4.78, 5) is 38.0. The Balaban J connectivity index is 4.51. The van der Waals surface area contributed by atoms with Crippen molar-refractivity contribution >= 4 is 17.9 Å². The molecule has 0 fully saturated rings. The topological polar surface area (TPSA) is 78.9 Å². The molecule has 370 valence electrons. The lowest BCUT2D eigenvalue weighted by Crippen LogP contribution is -2.30. The standard InChI is InChI=1S/C59H98O6/c1-4-7-10-13-16-19-22-25-27-28-29-30-32-35-37-40-43-46-49-52-58(61)64-55-56(65-59(62)53-50-47-44-41-38-33-24-21-18-15-12-9-6-3)54-63-57(60)51-48-45-42-39-36-34-31-26-23-20-17-14-11-8-5-2/h7,10,16-17,19-20,25-27,29-31,35,37,43,46,56H,4-6,8-9,11-15,18,21-24,28,32-34,36,38-42,44-45,47-55H2,1-3H3/t56-/m1/s1. The second-order valence-corrected chi connectivity index (χ2v) is 17.4. The molecule has 0 aliphatic rings. The summed E-state index contributed by atoms with van der Waals surface area (Å²) >= 11 is 0. The van der Waals surface area contributed by atoms with Crippen molar-refractivity contribution in [1.29, 1.82) is 0 Å². The fourth-order valence-corrected chi connectivity index (χ4v) is 7.09. The first-order valence-corrected chi connectivity index (χ1v) is 26.7. The maximum atomic E-state index is 12.8. The van der Waals surface area contributed by atoms with Crippen molar-refractivity contribution in [2.75, 3.05) is 13.2 Å². The van der Waals surface area contributed by atoms with Crippen LogP contribution in [0, 0.1) is 0 Å². The molecule has 0 amide bonds. The molecule has 0 bridgehead atoms. The van der Waals surface area contributed by atoms with E-state index in [-0.39, 0.29) is 37.5 Å². The highest BCUT2D eigenvalue weighted by atomic mass is 16.6.